The van der Waals surface area contributed by atoms with E-state index in [0.717, 1.165) is 6.42 Å². The number of quaternary nitrogens is 1. The van der Waals surface area contributed by atoms with E-state index >= 15 is 0 Å². The van der Waals surface area contributed by atoms with Gasteiger partial charge in [-0.3, -0.25) is 4.79 Å². The number of unbranched alkanes of at least 4 members (excludes halogenated alkanes) is 4. The molecular weight excluding hydrogens is 286 g/mol. The molecule has 0 spiro atoms. The number of rotatable bonds is 14. The van der Waals surface area contributed by atoms with Gasteiger partial charge in [0.05, 0.1) is 26.2 Å². The van der Waals surface area contributed by atoms with E-state index in [0.29, 0.717) is 6.42 Å². The maximum atomic E-state index is 9.60. The largest absolute Gasteiger partial charge is 0.481 e. The van der Waals surface area contributed by atoms with E-state index in [1.807, 2.05) is 6.92 Å². The van der Waals surface area contributed by atoms with Crippen molar-refractivity contribution in [2.24, 2.45) is 0 Å². The lowest BCUT2D eigenvalue weighted by Crippen LogP contribution is -2.50. The molecule has 0 saturated carbocycles. The number of hydrogen-bond acceptors (Lipinski definition) is 1. The smallest absolute Gasteiger partial charge is 0.303 e. The molecule has 3 heteroatoms. The summed E-state index contributed by atoms with van der Waals surface area (Å²) in [6.45, 7) is 16.9. The predicted molar refractivity (Wildman–Crippen MR) is 102 cm³/mol. The van der Waals surface area contributed by atoms with Gasteiger partial charge in [-0.1, -0.05) is 60.3 Å². The van der Waals surface area contributed by atoms with Crippen molar-refractivity contribution < 1.29 is 14.4 Å². The third-order valence-corrected chi connectivity index (χ3v) is 4.41. The first-order valence-corrected chi connectivity index (χ1v) is 10.1. The zero-order valence-corrected chi connectivity index (χ0v) is 16.7. The molecule has 0 saturated heterocycles. The van der Waals surface area contributed by atoms with Gasteiger partial charge in [-0.2, -0.15) is 0 Å². The van der Waals surface area contributed by atoms with Crippen molar-refractivity contribution in [3.63, 3.8) is 0 Å². The van der Waals surface area contributed by atoms with Crippen molar-refractivity contribution >= 4 is 5.97 Å². The first-order valence-electron chi connectivity index (χ1n) is 10.1. The highest BCUT2D eigenvalue weighted by atomic mass is 16.4. The van der Waals surface area contributed by atoms with Crippen LogP contribution in [0.1, 0.15) is 98.8 Å². The Morgan fingerprint density at radius 1 is 0.652 bits per heavy atom. The highest BCUT2D eigenvalue weighted by molar-refractivity contribution is 5.66. The summed E-state index contributed by atoms with van der Waals surface area (Å²) in [5.41, 5.74) is 0. The molecule has 0 fully saturated rings. The Balaban J connectivity index is 0. The van der Waals surface area contributed by atoms with E-state index in [-0.39, 0.29) is 0 Å². The second-order valence-corrected chi connectivity index (χ2v) is 6.79. The van der Waals surface area contributed by atoms with Crippen LogP contribution in [0.4, 0.5) is 0 Å². The molecule has 0 aromatic heterocycles. The van der Waals surface area contributed by atoms with Crippen LogP contribution in [0.5, 0.6) is 0 Å². The number of carbonyl (C=O) groups is 1. The fourth-order valence-corrected chi connectivity index (χ4v) is 2.86. The fourth-order valence-electron chi connectivity index (χ4n) is 2.86. The molecule has 0 unspecified atom stereocenters. The molecule has 23 heavy (non-hydrogen) atoms. The fraction of sp³-hybridized carbons (Fsp3) is 0.950. The number of nitrogens with zero attached hydrogens (tertiary/aromatic N) is 1. The van der Waals surface area contributed by atoms with Gasteiger partial charge in [-0.05, 0) is 32.1 Å². The number of carboxylic acid groups (broad SMARTS) is 1. The van der Waals surface area contributed by atoms with Gasteiger partial charge in [0.25, 0.3) is 0 Å². The average Bonchev–Trinajstić information content (AvgIpc) is 2.54. The van der Waals surface area contributed by atoms with Gasteiger partial charge in [0.2, 0.25) is 0 Å². The van der Waals surface area contributed by atoms with Crippen molar-refractivity contribution in [2.45, 2.75) is 98.8 Å². The summed E-state index contributed by atoms with van der Waals surface area (Å²) < 4.78 is 1.42. The molecule has 0 atom stereocenters. The van der Waals surface area contributed by atoms with E-state index < -0.39 is 5.97 Å². The molecule has 3 nitrogen and oxygen atoms in total. The van der Waals surface area contributed by atoms with E-state index in [4.69, 9.17) is 5.11 Å². The summed E-state index contributed by atoms with van der Waals surface area (Å²) in [4.78, 5) is 9.60. The number of hydrogen-bond donors (Lipinski definition) is 1. The van der Waals surface area contributed by atoms with Crippen LogP contribution in [-0.4, -0.2) is 41.7 Å². The van der Waals surface area contributed by atoms with Gasteiger partial charge >= 0.3 is 5.97 Å². The van der Waals surface area contributed by atoms with Crippen LogP contribution in [0, 0.1) is 0 Å². The lowest BCUT2D eigenvalue weighted by molar-refractivity contribution is -0.929. The minimum atomic E-state index is -0.711. The first-order chi connectivity index (χ1) is 11.0. The molecule has 0 aliphatic rings. The molecule has 140 valence electrons. The van der Waals surface area contributed by atoms with Crippen molar-refractivity contribution in [2.75, 3.05) is 26.2 Å². The van der Waals surface area contributed by atoms with Crippen molar-refractivity contribution in [3.05, 3.63) is 0 Å². The summed E-state index contributed by atoms with van der Waals surface area (Å²) in [5, 5.41) is 7.91. The molecule has 1 N–H and O–H groups in total. The molecule has 0 rings (SSSR count). The zero-order valence-electron chi connectivity index (χ0n) is 16.7. The van der Waals surface area contributed by atoms with Crippen LogP contribution < -0.4 is 0 Å². The van der Waals surface area contributed by atoms with Crippen LogP contribution in [-0.2, 0) is 4.79 Å². The maximum Gasteiger partial charge on any atom is 0.303 e. The monoisotopic (exact) mass is 330 g/mol. The summed E-state index contributed by atoms with van der Waals surface area (Å²) in [7, 11) is 0. The van der Waals surface area contributed by atoms with Gasteiger partial charge in [0.15, 0.2) is 0 Å². The SMILES string of the molecule is CCCC(=O)O.CCCC[N+](CCCC)(CCCC)CCCC. The van der Waals surface area contributed by atoms with Crippen LogP contribution in [0.2, 0.25) is 0 Å². The minimum absolute atomic E-state index is 0.292. The minimum Gasteiger partial charge on any atom is -0.481 e. The summed E-state index contributed by atoms with van der Waals surface area (Å²) in [6, 6.07) is 0. The molecule has 0 amide bonds. The first kappa shape index (κ1) is 24.7. The van der Waals surface area contributed by atoms with E-state index in [1.165, 1.54) is 82.0 Å². The second kappa shape index (κ2) is 17.8. The van der Waals surface area contributed by atoms with Crippen molar-refractivity contribution in [3.8, 4) is 0 Å². The summed E-state index contributed by atoms with van der Waals surface area (Å²) >= 11 is 0. The zero-order chi connectivity index (χ0) is 18.0. The molecular formula is C20H44NO2+. The van der Waals surface area contributed by atoms with Gasteiger partial charge in [-0.15, -0.1) is 0 Å². The maximum absolute atomic E-state index is 9.60. The van der Waals surface area contributed by atoms with Gasteiger partial charge in [-0.25, -0.2) is 0 Å². The average molecular weight is 331 g/mol. The Hall–Kier alpha value is -0.570. The summed E-state index contributed by atoms with van der Waals surface area (Å²) in [5.74, 6) is -0.711. The molecule has 0 aromatic rings. The molecule has 0 aromatic carbocycles. The Morgan fingerprint density at radius 3 is 1.09 bits per heavy atom. The Morgan fingerprint density at radius 2 is 0.957 bits per heavy atom. The van der Waals surface area contributed by atoms with Gasteiger partial charge < -0.3 is 9.59 Å². The number of carboxylic acids is 1. The van der Waals surface area contributed by atoms with E-state index in [9.17, 15) is 4.79 Å². The second-order valence-electron chi connectivity index (χ2n) is 6.79. The van der Waals surface area contributed by atoms with Crippen LogP contribution in [0.25, 0.3) is 0 Å². The Bertz CT molecular complexity index is 217. The van der Waals surface area contributed by atoms with Gasteiger partial charge in [0, 0.05) is 6.42 Å². The van der Waals surface area contributed by atoms with Crippen molar-refractivity contribution in [1.29, 1.82) is 0 Å². The lowest BCUT2D eigenvalue weighted by Gasteiger charge is -2.39. The third-order valence-electron chi connectivity index (χ3n) is 4.41. The standard InChI is InChI=1S/C16H36N.C4H8O2/c1-5-9-13-17(14-10-6-2,15-11-7-3)16-12-8-4;1-2-3-4(5)6/h5-16H2,1-4H3;2-3H2,1H3,(H,5,6)/q+1;. The van der Waals surface area contributed by atoms with Crippen LogP contribution in [0.15, 0.2) is 0 Å². The lowest BCUT2D eigenvalue weighted by atomic mass is 10.1. The predicted octanol–water partition coefficient (Wildman–Crippen LogP) is 5.87. The van der Waals surface area contributed by atoms with Crippen molar-refractivity contribution in [1.82, 2.24) is 0 Å². The highest BCUT2D eigenvalue weighted by Gasteiger charge is 2.24. The molecule has 0 bridgehead atoms. The highest BCUT2D eigenvalue weighted by Crippen LogP contribution is 2.16. The van der Waals surface area contributed by atoms with Crippen LogP contribution >= 0.6 is 0 Å². The van der Waals surface area contributed by atoms with Gasteiger partial charge in [0.1, 0.15) is 0 Å². The molecule has 0 radical (unpaired) electrons. The molecule has 0 aliphatic carbocycles. The topological polar surface area (TPSA) is 37.3 Å². The number of aliphatic carboxylic acids is 1. The van der Waals surface area contributed by atoms with Crippen LogP contribution in [0.3, 0.4) is 0 Å². The normalized spacial score (nSPS) is 11.0. The van der Waals surface area contributed by atoms with E-state index in [1.54, 1.807) is 0 Å². The third kappa shape index (κ3) is 16.1. The quantitative estimate of drug-likeness (QED) is 0.404. The Labute approximate surface area is 146 Å². The molecule has 0 heterocycles. The Kier molecular flexibility index (Phi) is 19.1. The summed E-state index contributed by atoms with van der Waals surface area (Å²) in [6.07, 6.45) is 12.1. The molecule has 0 aliphatic heterocycles. The van der Waals surface area contributed by atoms with E-state index in [2.05, 4.69) is 27.7 Å².